The average molecular weight is 325 g/mol. The molecule has 1 unspecified atom stereocenters. The van der Waals surface area contributed by atoms with E-state index < -0.39 is 21.9 Å². The van der Waals surface area contributed by atoms with Crippen LogP contribution in [0.25, 0.3) is 0 Å². The number of carboxylic acids is 1. The molecule has 0 spiro atoms. The Labute approximate surface area is 132 Å². The van der Waals surface area contributed by atoms with Gasteiger partial charge in [0.15, 0.2) is 0 Å². The van der Waals surface area contributed by atoms with Crippen molar-refractivity contribution in [1.29, 1.82) is 0 Å². The van der Waals surface area contributed by atoms with Gasteiger partial charge in [-0.2, -0.15) is 4.31 Å². The monoisotopic (exact) mass is 325 g/mol. The normalized spacial score (nSPS) is 19.7. The standard InChI is InChI=1S/C16H23NO4S/c1-12(2)3-4-13-5-7-15(8-6-13)22(20,21)17-10-9-14(11-17)16(18)19/h5-8,12,14H,3-4,9-11H2,1-2H3,(H,18,19). The topological polar surface area (TPSA) is 74.7 Å². The van der Waals surface area contributed by atoms with Crippen molar-refractivity contribution in [1.82, 2.24) is 4.31 Å². The first kappa shape index (κ1) is 17.0. The smallest absolute Gasteiger partial charge is 0.307 e. The molecule has 1 aromatic rings. The van der Waals surface area contributed by atoms with E-state index >= 15 is 0 Å². The molecule has 5 nitrogen and oxygen atoms in total. The number of rotatable bonds is 6. The van der Waals surface area contributed by atoms with E-state index in [2.05, 4.69) is 13.8 Å². The average Bonchev–Trinajstić information content (AvgIpc) is 2.96. The molecule has 0 aromatic heterocycles. The number of hydrogen-bond acceptors (Lipinski definition) is 3. The van der Waals surface area contributed by atoms with Crippen LogP contribution in [0.2, 0.25) is 0 Å². The van der Waals surface area contributed by atoms with E-state index in [1.165, 1.54) is 4.31 Å². The van der Waals surface area contributed by atoms with Crippen LogP contribution in [0.15, 0.2) is 29.2 Å². The number of benzene rings is 1. The molecule has 0 amide bonds. The summed E-state index contributed by atoms with van der Waals surface area (Å²) < 4.78 is 26.3. The molecule has 6 heteroatoms. The second kappa shape index (κ2) is 6.79. The fraction of sp³-hybridized carbons (Fsp3) is 0.562. The number of carbonyl (C=O) groups is 1. The minimum absolute atomic E-state index is 0.0623. The SMILES string of the molecule is CC(C)CCc1ccc(S(=O)(=O)N2CCC(C(=O)O)C2)cc1. The zero-order valence-electron chi connectivity index (χ0n) is 13.0. The van der Waals surface area contributed by atoms with Crippen LogP contribution in [0.3, 0.4) is 0 Å². The Morgan fingerprint density at radius 2 is 1.95 bits per heavy atom. The van der Waals surface area contributed by atoms with Gasteiger partial charge in [-0.1, -0.05) is 26.0 Å². The van der Waals surface area contributed by atoms with Crippen LogP contribution in [0.4, 0.5) is 0 Å². The third-order valence-corrected chi connectivity index (χ3v) is 5.95. The van der Waals surface area contributed by atoms with Crippen molar-refractivity contribution in [3.8, 4) is 0 Å². The first-order valence-electron chi connectivity index (χ1n) is 7.62. The summed E-state index contributed by atoms with van der Waals surface area (Å²) in [6.07, 6.45) is 2.38. The first-order chi connectivity index (χ1) is 10.3. The number of hydrogen-bond donors (Lipinski definition) is 1. The Morgan fingerprint density at radius 1 is 1.32 bits per heavy atom. The summed E-state index contributed by atoms with van der Waals surface area (Å²) in [5, 5.41) is 8.99. The Morgan fingerprint density at radius 3 is 2.45 bits per heavy atom. The fourth-order valence-corrected chi connectivity index (χ4v) is 4.08. The van der Waals surface area contributed by atoms with Crippen molar-refractivity contribution in [2.75, 3.05) is 13.1 Å². The quantitative estimate of drug-likeness (QED) is 0.871. The van der Waals surface area contributed by atoms with Gasteiger partial charge in [0.1, 0.15) is 0 Å². The van der Waals surface area contributed by atoms with Gasteiger partial charge in [-0.05, 0) is 42.9 Å². The number of aryl methyl sites for hydroxylation is 1. The van der Waals surface area contributed by atoms with Gasteiger partial charge in [0.25, 0.3) is 0 Å². The van der Waals surface area contributed by atoms with Crippen LogP contribution in [-0.4, -0.2) is 36.9 Å². The summed E-state index contributed by atoms with van der Waals surface area (Å²) in [6, 6.07) is 6.94. The highest BCUT2D eigenvalue weighted by Gasteiger charge is 2.35. The molecule has 1 aromatic carbocycles. The fourth-order valence-electron chi connectivity index (χ4n) is 2.58. The highest BCUT2D eigenvalue weighted by Crippen LogP contribution is 2.25. The minimum atomic E-state index is -3.58. The summed E-state index contributed by atoms with van der Waals surface area (Å²) >= 11 is 0. The molecule has 1 saturated heterocycles. The van der Waals surface area contributed by atoms with E-state index in [0.29, 0.717) is 12.3 Å². The Balaban J connectivity index is 2.08. The molecule has 0 saturated carbocycles. The molecule has 22 heavy (non-hydrogen) atoms. The summed E-state index contributed by atoms with van der Waals surface area (Å²) in [4.78, 5) is 11.2. The van der Waals surface area contributed by atoms with E-state index in [9.17, 15) is 13.2 Å². The number of nitrogens with zero attached hydrogens (tertiary/aromatic N) is 1. The van der Waals surface area contributed by atoms with Crippen molar-refractivity contribution in [3.63, 3.8) is 0 Å². The van der Waals surface area contributed by atoms with Gasteiger partial charge in [-0.3, -0.25) is 4.79 Å². The van der Waals surface area contributed by atoms with Crippen LogP contribution in [0, 0.1) is 11.8 Å². The van der Waals surface area contributed by atoms with E-state index in [1.54, 1.807) is 12.1 Å². The van der Waals surface area contributed by atoms with Gasteiger partial charge in [-0.25, -0.2) is 8.42 Å². The molecule has 2 rings (SSSR count). The molecule has 1 fully saturated rings. The molecule has 1 aliphatic rings. The maximum Gasteiger partial charge on any atom is 0.307 e. The van der Waals surface area contributed by atoms with Crippen LogP contribution in [0.5, 0.6) is 0 Å². The van der Waals surface area contributed by atoms with E-state index in [1.807, 2.05) is 12.1 Å². The summed E-state index contributed by atoms with van der Waals surface area (Å²) in [7, 11) is -3.58. The van der Waals surface area contributed by atoms with E-state index in [-0.39, 0.29) is 18.0 Å². The summed E-state index contributed by atoms with van der Waals surface area (Å²) in [5.74, 6) is -0.914. The second-order valence-corrected chi connectivity index (χ2v) is 8.20. The zero-order chi connectivity index (χ0) is 16.3. The molecular weight excluding hydrogens is 302 g/mol. The molecule has 0 aliphatic carbocycles. The van der Waals surface area contributed by atoms with E-state index in [0.717, 1.165) is 18.4 Å². The van der Waals surface area contributed by atoms with Gasteiger partial charge in [0.2, 0.25) is 10.0 Å². The Kier molecular flexibility index (Phi) is 5.24. The predicted octanol–water partition coefficient (Wildman–Crippen LogP) is 2.37. The molecular formula is C16H23NO4S. The third kappa shape index (κ3) is 3.87. The molecule has 122 valence electrons. The van der Waals surface area contributed by atoms with Crippen molar-refractivity contribution in [2.45, 2.75) is 38.0 Å². The molecule has 1 atom stereocenters. The molecule has 1 heterocycles. The minimum Gasteiger partial charge on any atom is -0.481 e. The lowest BCUT2D eigenvalue weighted by Gasteiger charge is -2.16. The first-order valence-corrected chi connectivity index (χ1v) is 9.06. The highest BCUT2D eigenvalue weighted by atomic mass is 32.2. The van der Waals surface area contributed by atoms with Crippen molar-refractivity contribution < 1.29 is 18.3 Å². The van der Waals surface area contributed by atoms with Crippen LogP contribution in [-0.2, 0) is 21.2 Å². The lowest BCUT2D eigenvalue weighted by Crippen LogP contribution is -2.30. The summed E-state index contributed by atoms with van der Waals surface area (Å²) in [6.45, 7) is 4.65. The van der Waals surface area contributed by atoms with Crippen molar-refractivity contribution in [3.05, 3.63) is 29.8 Å². The number of sulfonamides is 1. The molecule has 1 aliphatic heterocycles. The molecule has 0 bridgehead atoms. The summed E-state index contributed by atoms with van der Waals surface area (Å²) in [5.41, 5.74) is 1.12. The van der Waals surface area contributed by atoms with Gasteiger partial charge < -0.3 is 5.11 Å². The maximum absolute atomic E-state index is 12.5. The van der Waals surface area contributed by atoms with Gasteiger partial charge >= 0.3 is 5.97 Å². The lowest BCUT2D eigenvalue weighted by atomic mass is 10.0. The van der Waals surface area contributed by atoms with Gasteiger partial charge in [-0.15, -0.1) is 0 Å². The molecule has 1 N–H and O–H groups in total. The third-order valence-electron chi connectivity index (χ3n) is 4.07. The Bertz CT molecular complexity index is 622. The number of aliphatic carboxylic acids is 1. The van der Waals surface area contributed by atoms with Crippen LogP contribution in [0.1, 0.15) is 32.3 Å². The van der Waals surface area contributed by atoms with Crippen LogP contribution >= 0.6 is 0 Å². The molecule has 0 radical (unpaired) electrons. The Hall–Kier alpha value is -1.40. The van der Waals surface area contributed by atoms with E-state index in [4.69, 9.17) is 5.11 Å². The largest absolute Gasteiger partial charge is 0.481 e. The predicted molar refractivity (Wildman–Crippen MR) is 84.1 cm³/mol. The van der Waals surface area contributed by atoms with Crippen molar-refractivity contribution in [2.24, 2.45) is 11.8 Å². The van der Waals surface area contributed by atoms with Gasteiger partial charge in [0, 0.05) is 13.1 Å². The zero-order valence-corrected chi connectivity index (χ0v) is 13.8. The number of carboxylic acid groups (broad SMARTS) is 1. The maximum atomic E-state index is 12.5. The lowest BCUT2D eigenvalue weighted by molar-refractivity contribution is -0.141. The second-order valence-electron chi connectivity index (χ2n) is 6.26. The van der Waals surface area contributed by atoms with Crippen molar-refractivity contribution >= 4 is 16.0 Å². The highest BCUT2D eigenvalue weighted by molar-refractivity contribution is 7.89. The van der Waals surface area contributed by atoms with Gasteiger partial charge in [0.05, 0.1) is 10.8 Å². The van der Waals surface area contributed by atoms with Crippen LogP contribution < -0.4 is 0 Å².